The van der Waals surface area contributed by atoms with Crippen LogP contribution in [0.1, 0.15) is 22.9 Å². The lowest BCUT2D eigenvalue weighted by Gasteiger charge is -2.24. The maximum atomic E-state index is 5.11. The van der Waals surface area contributed by atoms with E-state index >= 15 is 0 Å². The maximum absolute atomic E-state index is 5.11. The lowest BCUT2D eigenvalue weighted by molar-refractivity contribution is 0.674. The fraction of sp³-hybridized carbons (Fsp3) is 0.0147. The van der Waals surface area contributed by atoms with E-state index < -0.39 is 0 Å². The van der Waals surface area contributed by atoms with Crippen LogP contribution >= 0.6 is 0 Å². The molecule has 0 saturated carbocycles. The number of aromatic nitrogens is 3. The highest BCUT2D eigenvalue weighted by atomic mass is 15.2. The minimum absolute atomic E-state index is 0.276. The van der Waals surface area contributed by atoms with Crippen molar-refractivity contribution in [1.29, 1.82) is 0 Å². The average Bonchev–Trinajstić information content (AvgIpc) is 3.49. The van der Waals surface area contributed by atoms with Crippen molar-refractivity contribution in [2.45, 2.75) is 6.17 Å². The predicted octanol–water partition coefficient (Wildman–Crippen LogP) is 16.3. The van der Waals surface area contributed by atoms with Crippen LogP contribution in [-0.2, 0) is 0 Å². The molecule has 0 fully saturated rings. The van der Waals surface area contributed by atoms with Gasteiger partial charge in [0.2, 0.25) is 0 Å². The Morgan fingerprint density at radius 2 is 0.649 bits per heavy atom. The summed E-state index contributed by atoms with van der Waals surface area (Å²) in [6.07, 6.45) is -0.276. The van der Waals surface area contributed by atoms with Crippen LogP contribution in [0.25, 0.3) is 100 Å². The minimum Gasteiger partial charge on any atom is -0.344 e. The zero-order valence-electron chi connectivity index (χ0n) is 40.2. The molecule has 0 spiro atoms. The zero-order valence-corrected chi connectivity index (χ0v) is 40.2. The molecule has 6 nitrogen and oxygen atoms in total. The second-order valence-corrected chi connectivity index (χ2v) is 18.5. The third kappa shape index (κ3) is 8.82. The van der Waals surface area contributed by atoms with Gasteiger partial charge in [0.25, 0.3) is 0 Å². The smallest absolute Gasteiger partial charge is 0.164 e. The number of fused-ring (bicyclic) bond motifs is 2. The standard InChI is InChI=1S/C68H46N6/c1-5-15-45(16-6-1)46-27-33-52(34-28-46)67-72-65(51-21-11-4-12-22-51)73-68(74-67)54-37-31-48(32-38-54)56-40-42-60-58(44-56)24-14-26-62(60)61-25-13-23-57-43-55(39-41-59(57)61)47-29-35-53(36-30-47)66-70-63(49-17-7-2-8-18-49)69-64(71-66)50-19-9-3-10-20-50/h1-44,65H,(H,72,73,74). The highest BCUT2D eigenvalue weighted by Crippen LogP contribution is 2.38. The summed E-state index contributed by atoms with van der Waals surface area (Å²) in [4.78, 5) is 25.0. The SMILES string of the molecule is c1ccc(-c2ccc(C3=NC(c4ccccc4)NC(c4ccc(-c5ccc6c(-c7cccc8cc(-c9ccc(-c%10nc(-c%11ccccc%11)nc(-c%11ccccc%11)n%10)cc9)ccc78)cccc6c5)cc4)=N3)cc2)cc1. The molecule has 6 heteroatoms. The van der Waals surface area contributed by atoms with Gasteiger partial charge in [-0.25, -0.2) is 24.9 Å². The molecule has 1 aliphatic rings. The van der Waals surface area contributed by atoms with E-state index in [2.05, 4.69) is 199 Å². The van der Waals surface area contributed by atoms with Gasteiger partial charge in [0.1, 0.15) is 12.0 Å². The van der Waals surface area contributed by atoms with Gasteiger partial charge in [-0.05, 0) is 83.7 Å². The molecule has 0 amide bonds. The van der Waals surface area contributed by atoms with Crippen molar-refractivity contribution in [3.63, 3.8) is 0 Å². The summed E-state index contributed by atoms with van der Waals surface area (Å²) in [6.45, 7) is 0. The summed E-state index contributed by atoms with van der Waals surface area (Å²) in [7, 11) is 0. The summed E-state index contributed by atoms with van der Waals surface area (Å²) in [6, 6.07) is 93.5. The monoisotopic (exact) mass is 946 g/mol. The van der Waals surface area contributed by atoms with Crippen LogP contribution in [0, 0.1) is 0 Å². The summed E-state index contributed by atoms with van der Waals surface area (Å²) >= 11 is 0. The Hall–Kier alpha value is -9.91. The van der Waals surface area contributed by atoms with Crippen LogP contribution < -0.4 is 5.32 Å². The lowest BCUT2D eigenvalue weighted by Crippen LogP contribution is -2.33. The molecule has 1 aromatic heterocycles. The average molecular weight is 947 g/mol. The first-order valence-corrected chi connectivity index (χ1v) is 24.9. The summed E-state index contributed by atoms with van der Waals surface area (Å²) in [5.41, 5.74) is 15.2. The number of aliphatic imine (C=N–C) groups is 2. The zero-order chi connectivity index (χ0) is 49.2. The summed E-state index contributed by atoms with van der Waals surface area (Å²) in [5, 5.41) is 8.41. The van der Waals surface area contributed by atoms with E-state index in [1.165, 1.54) is 38.2 Å². The van der Waals surface area contributed by atoms with E-state index in [4.69, 9.17) is 24.9 Å². The predicted molar refractivity (Wildman–Crippen MR) is 305 cm³/mol. The van der Waals surface area contributed by atoms with Gasteiger partial charge in [-0.2, -0.15) is 0 Å². The fourth-order valence-corrected chi connectivity index (χ4v) is 9.94. The Balaban J connectivity index is 0.764. The van der Waals surface area contributed by atoms with Crippen LogP contribution in [0.2, 0.25) is 0 Å². The third-order valence-electron chi connectivity index (χ3n) is 13.8. The molecular weight excluding hydrogens is 901 g/mol. The Kier molecular flexibility index (Phi) is 11.5. The molecule has 13 rings (SSSR count). The van der Waals surface area contributed by atoms with Crippen molar-refractivity contribution in [1.82, 2.24) is 20.3 Å². The number of nitrogens with zero attached hydrogens (tertiary/aromatic N) is 5. The molecule has 74 heavy (non-hydrogen) atoms. The van der Waals surface area contributed by atoms with Crippen LogP contribution in [0.3, 0.4) is 0 Å². The first kappa shape index (κ1) is 44.1. The van der Waals surface area contributed by atoms with Gasteiger partial charge >= 0.3 is 0 Å². The first-order chi connectivity index (χ1) is 36.6. The highest BCUT2D eigenvalue weighted by Gasteiger charge is 2.22. The topological polar surface area (TPSA) is 75.4 Å². The Labute approximate surface area is 429 Å². The molecule has 0 aliphatic carbocycles. The van der Waals surface area contributed by atoms with E-state index in [0.29, 0.717) is 23.3 Å². The van der Waals surface area contributed by atoms with Crippen molar-refractivity contribution in [3.05, 3.63) is 284 Å². The normalized spacial score (nSPS) is 13.3. The van der Waals surface area contributed by atoms with Crippen LogP contribution in [0.15, 0.2) is 277 Å². The summed E-state index contributed by atoms with van der Waals surface area (Å²) in [5.74, 6) is 3.43. The Bertz CT molecular complexity index is 3990. The van der Waals surface area contributed by atoms with Crippen molar-refractivity contribution in [3.8, 4) is 78.7 Å². The molecule has 1 atom stereocenters. The second kappa shape index (κ2) is 19.4. The van der Waals surface area contributed by atoms with Crippen molar-refractivity contribution in [2.24, 2.45) is 9.98 Å². The van der Waals surface area contributed by atoms with E-state index in [0.717, 1.165) is 67.0 Å². The van der Waals surface area contributed by atoms with Gasteiger partial charge in [-0.1, -0.05) is 255 Å². The van der Waals surface area contributed by atoms with Gasteiger partial charge in [0, 0.05) is 27.8 Å². The van der Waals surface area contributed by atoms with E-state index in [-0.39, 0.29) is 6.17 Å². The third-order valence-corrected chi connectivity index (χ3v) is 13.8. The fourth-order valence-electron chi connectivity index (χ4n) is 9.94. The van der Waals surface area contributed by atoms with Gasteiger partial charge in [0.15, 0.2) is 23.3 Å². The molecule has 1 unspecified atom stereocenters. The number of rotatable bonds is 10. The Morgan fingerprint density at radius 3 is 1.14 bits per heavy atom. The number of nitrogens with one attached hydrogen (secondary N) is 1. The number of hydrogen-bond donors (Lipinski definition) is 1. The van der Waals surface area contributed by atoms with E-state index in [9.17, 15) is 0 Å². The molecule has 0 saturated heterocycles. The van der Waals surface area contributed by atoms with Crippen LogP contribution in [-0.4, -0.2) is 26.6 Å². The summed E-state index contributed by atoms with van der Waals surface area (Å²) < 4.78 is 0. The molecule has 0 bridgehead atoms. The van der Waals surface area contributed by atoms with Gasteiger partial charge in [0.05, 0.1) is 0 Å². The largest absolute Gasteiger partial charge is 0.344 e. The van der Waals surface area contributed by atoms with E-state index in [1.54, 1.807) is 0 Å². The maximum Gasteiger partial charge on any atom is 0.164 e. The number of hydrogen-bond acceptors (Lipinski definition) is 6. The number of benzene rings is 11. The van der Waals surface area contributed by atoms with E-state index in [1.807, 2.05) is 72.8 Å². The quantitative estimate of drug-likeness (QED) is 0.148. The molecule has 348 valence electrons. The van der Waals surface area contributed by atoms with Crippen molar-refractivity contribution < 1.29 is 0 Å². The molecule has 0 radical (unpaired) electrons. The van der Waals surface area contributed by atoms with Crippen molar-refractivity contribution >= 4 is 33.2 Å². The second-order valence-electron chi connectivity index (χ2n) is 18.5. The van der Waals surface area contributed by atoms with Crippen LogP contribution in [0.5, 0.6) is 0 Å². The lowest BCUT2D eigenvalue weighted by atomic mass is 9.91. The Morgan fingerprint density at radius 1 is 0.284 bits per heavy atom. The molecule has 2 heterocycles. The molecular formula is C68H46N6. The van der Waals surface area contributed by atoms with Gasteiger partial charge in [-0.15, -0.1) is 0 Å². The first-order valence-electron chi connectivity index (χ1n) is 24.9. The number of amidine groups is 2. The van der Waals surface area contributed by atoms with Crippen molar-refractivity contribution in [2.75, 3.05) is 0 Å². The molecule has 12 aromatic rings. The minimum atomic E-state index is -0.276. The molecule has 1 aliphatic heterocycles. The molecule has 1 N–H and O–H groups in total. The molecule has 11 aromatic carbocycles. The van der Waals surface area contributed by atoms with Crippen LogP contribution in [0.4, 0.5) is 0 Å². The van der Waals surface area contributed by atoms with Gasteiger partial charge < -0.3 is 5.32 Å². The van der Waals surface area contributed by atoms with Gasteiger partial charge in [-0.3, -0.25) is 0 Å². The highest BCUT2D eigenvalue weighted by molar-refractivity contribution is 6.13.